The molecule has 1 atom stereocenters. The van der Waals surface area contributed by atoms with Crippen molar-refractivity contribution in [3.8, 4) is 0 Å². The van der Waals surface area contributed by atoms with Gasteiger partial charge in [0.1, 0.15) is 6.10 Å². The SMILES string of the molecule is O=C(NCC1CN(c2ccc(N3CCCC3)c(NC(=O)C3CCCCC3)c2)C(=O)O1)c1ccc(Cl)s1. The lowest BCUT2D eigenvalue weighted by molar-refractivity contribution is -0.120. The number of halogens is 1. The van der Waals surface area contributed by atoms with Gasteiger partial charge in [0.2, 0.25) is 5.91 Å². The van der Waals surface area contributed by atoms with Crippen LogP contribution in [0.3, 0.4) is 0 Å². The van der Waals surface area contributed by atoms with Crippen LogP contribution in [-0.4, -0.2) is 50.2 Å². The van der Waals surface area contributed by atoms with Crippen molar-refractivity contribution in [2.75, 3.05) is 41.3 Å². The van der Waals surface area contributed by atoms with E-state index in [1.54, 1.807) is 17.0 Å². The molecule has 0 bridgehead atoms. The average Bonchev–Trinajstić information content (AvgIpc) is 3.65. The molecule has 0 radical (unpaired) electrons. The van der Waals surface area contributed by atoms with Crippen LogP contribution in [0.2, 0.25) is 4.34 Å². The van der Waals surface area contributed by atoms with Crippen LogP contribution in [0.1, 0.15) is 54.6 Å². The Morgan fingerprint density at radius 3 is 2.56 bits per heavy atom. The van der Waals surface area contributed by atoms with Crippen LogP contribution in [0.25, 0.3) is 0 Å². The zero-order valence-electron chi connectivity index (χ0n) is 20.1. The first-order valence-corrected chi connectivity index (χ1v) is 13.9. The number of carbonyl (C=O) groups excluding carboxylic acids is 3. The molecule has 8 nitrogen and oxygen atoms in total. The lowest BCUT2D eigenvalue weighted by atomic mass is 9.88. The topological polar surface area (TPSA) is 91.0 Å². The number of anilines is 3. The van der Waals surface area contributed by atoms with E-state index in [0.29, 0.717) is 21.4 Å². The summed E-state index contributed by atoms with van der Waals surface area (Å²) in [4.78, 5) is 42.5. The van der Waals surface area contributed by atoms with Gasteiger partial charge in [-0.1, -0.05) is 30.9 Å². The molecule has 1 saturated carbocycles. The van der Waals surface area contributed by atoms with Crippen molar-refractivity contribution in [3.05, 3.63) is 39.5 Å². The molecule has 36 heavy (non-hydrogen) atoms. The standard InChI is InChI=1S/C26H31ClN4O4S/c27-23-11-10-22(36-23)25(33)28-15-19-16-31(26(34)35-19)18-8-9-21(30-12-4-5-13-30)20(14-18)29-24(32)17-6-2-1-3-7-17/h8-11,14,17,19H,1-7,12-13,15-16H2,(H,28,33)(H,29,32). The second-order valence-corrected chi connectivity index (χ2v) is 11.4. The van der Waals surface area contributed by atoms with E-state index in [1.165, 1.54) is 17.8 Å². The molecule has 1 aromatic heterocycles. The summed E-state index contributed by atoms with van der Waals surface area (Å²) in [6.07, 6.45) is 6.54. The highest BCUT2D eigenvalue weighted by Crippen LogP contribution is 2.35. The van der Waals surface area contributed by atoms with E-state index in [4.69, 9.17) is 16.3 Å². The van der Waals surface area contributed by atoms with Gasteiger partial charge in [0.15, 0.2) is 0 Å². The molecule has 1 aromatic carbocycles. The van der Waals surface area contributed by atoms with Crippen molar-refractivity contribution in [1.29, 1.82) is 0 Å². The van der Waals surface area contributed by atoms with E-state index < -0.39 is 12.2 Å². The average molecular weight is 531 g/mol. The van der Waals surface area contributed by atoms with E-state index >= 15 is 0 Å². The van der Waals surface area contributed by atoms with Gasteiger partial charge in [0.05, 0.1) is 33.7 Å². The third kappa shape index (κ3) is 5.62. The lowest BCUT2D eigenvalue weighted by Gasteiger charge is -2.26. The summed E-state index contributed by atoms with van der Waals surface area (Å²) in [5, 5.41) is 5.99. The highest BCUT2D eigenvalue weighted by Gasteiger charge is 2.33. The van der Waals surface area contributed by atoms with Gasteiger partial charge in [0.25, 0.3) is 5.91 Å². The zero-order chi connectivity index (χ0) is 25.1. The first-order valence-electron chi connectivity index (χ1n) is 12.7. The second-order valence-electron chi connectivity index (χ2n) is 9.65. The summed E-state index contributed by atoms with van der Waals surface area (Å²) in [7, 11) is 0. The number of nitrogens with zero attached hydrogens (tertiary/aromatic N) is 2. The van der Waals surface area contributed by atoms with Crippen molar-refractivity contribution in [1.82, 2.24) is 5.32 Å². The van der Waals surface area contributed by atoms with Gasteiger partial charge in [-0.25, -0.2) is 4.79 Å². The molecule has 2 aliphatic heterocycles. The molecule has 10 heteroatoms. The van der Waals surface area contributed by atoms with Crippen molar-refractivity contribution >= 4 is 57.9 Å². The number of thiophene rings is 1. The molecule has 1 unspecified atom stereocenters. The summed E-state index contributed by atoms with van der Waals surface area (Å²) in [5.74, 6) is -0.147. The summed E-state index contributed by atoms with van der Waals surface area (Å²) in [6.45, 7) is 2.42. The summed E-state index contributed by atoms with van der Waals surface area (Å²) in [5.41, 5.74) is 2.40. The third-order valence-corrected chi connectivity index (χ3v) is 8.36. The Labute approximate surface area is 219 Å². The number of ether oxygens (including phenoxy) is 1. The van der Waals surface area contributed by atoms with E-state index in [2.05, 4.69) is 15.5 Å². The summed E-state index contributed by atoms with van der Waals surface area (Å²) in [6, 6.07) is 9.11. The molecule has 2 N–H and O–H groups in total. The number of benzene rings is 1. The van der Waals surface area contributed by atoms with Crippen LogP contribution < -0.4 is 20.4 Å². The minimum absolute atomic E-state index is 0.0387. The van der Waals surface area contributed by atoms with E-state index in [-0.39, 0.29) is 24.3 Å². The Hall–Kier alpha value is -2.78. The maximum Gasteiger partial charge on any atom is 0.414 e. The number of amides is 3. The van der Waals surface area contributed by atoms with E-state index in [0.717, 1.165) is 63.0 Å². The molecule has 3 aliphatic rings. The molecular weight excluding hydrogens is 500 g/mol. The van der Waals surface area contributed by atoms with Crippen molar-refractivity contribution in [3.63, 3.8) is 0 Å². The first kappa shape index (κ1) is 24.9. The first-order chi connectivity index (χ1) is 17.5. The van der Waals surface area contributed by atoms with E-state index in [9.17, 15) is 14.4 Å². The Morgan fingerprint density at radius 1 is 1.06 bits per heavy atom. The number of carbonyl (C=O) groups is 3. The molecule has 3 amide bonds. The quantitative estimate of drug-likeness (QED) is 0.508. The fraction of sp³-hybridized carbons (Fsp3) is 0.500. The predicted molar refractivity (Wildman–Crippen MR) is 142 cm³/mol. The van der Waals surface area contributed by atoms with Gasteiger partial charge >= 0.3 is 6.09 Å². The Kier molecular flexibility index (Phi) is 7.67. The van der Waals surface area contributed by atoms with Crippen molar-refractivity contribution < 1.29 is 19.1 Å². The monoisotopic (exact) mass is 530 g/mol. The van der Waals surface area contributed by atoms with Crippen LogP contribution in [-0.2, 0) is 9.53 Å². The van der Waals surface area contributed by atoms with Crippen LogP contribution in [0.4, 0.5) is 21.9 Å². The largest absolute Gasteiger partial charge is 0.442 e. The van der Waals surface area contributed by atoms with Crippen LogP contribution in [0.5, 0.6) is 0 Å². The normalized spacial score (nSPS) is 20.5. The smallest absolute Gasteiger partial charge is 0.414 e. The van der Waals surface area contributed by atoms with Gasteiger partial charge in [-0.2, -0.15) is 0 Å². The highest BCUT2D eigenvalue weighted by atomic mass is 35.5. The maximum absolute atomic E-state index is 13.1. The number of nitrogens with one attached hydrogen (secondary N) is 2. The number of rotatable bonds is 7. The van der Waals surface area contributed by atoms with Crippen molar-refractivity contribution in [2.45, 2.75) is 51.0 Å². The van der Waals surface area contributed by atoms with Gasteiger partial charge in [-0.15, -0.1) is 11.3 Å². The predicted octanol–water partition coefficient (Wildman–Crippen LogP) is 5.28. The van der Waals surface area contributed by atoms with Crippen molar-refractivity contribution in [2.24, 2.45) is 5.92 Å². The molecular formula is C26H31ClN4O4S. The fourth-order valence-corrected chi connectivity index (χ4v) is 6.15. The van der Waals surface area contributed by atoms with Gasteiger partial charge in [-0.3, -0.25) is 14.5 Å². The number of hydrogen-bond donors (Lipinski definition) is 2. The lowest BCUT2D eigenvalue weighted by Crippen LogP contribution is -2.34. The third-order valence-electron chi connectivity index (χ3n) is 7.13. The molecule has 0 spiro atoms. The molecule has 2 aromatic rings. The second kappa shape index (κ2) is 11.1. The Balaban J connectivity index is 1.28. The molecule has 3 fully saturated rings. The zero-order valence-corrected chi connectivity index (χ0v) is 21.7. The summed E-state index contributed by atoms with van der Waals surface area (Å²) < 4.78 is 6.06. The highest BCUT2D eigenvalue weighted by molar-refractivity contribution is 7.18. The van der Waals surface area contributed by atoms with Crippen LogP contribution in [0.15, 0.2) is 30.3 Å². The van der Waals surface area contributed by atoms with Gasteiger partial charge in [0, 0.05) is 24.7 Å². The minimum Gasteiger partial charge on any atom is -0.442 e. The van der Waals surface area contributed by atoms with Gasteiger partial charge in [-0.05, 0) is 56.0 Å². The number of cyclic esters (lactones) is 1. The molecule has 5 rings (SSSR count). The maximum atomic E-state index is 13.1. The number of hydrogen-bond acceptors (Lipinski definition) is 6. The molecule has 192 valence electrons. The molecule has 2 saturated heterocycles. The van der Waals surface area contributed by atoms with Gasteiger partial charge < -0.3 is 20.3 Å². The van der Waals surface area contributed by atoms with Crippen LogP contribution >= 0.6 is 22.9 Å². The minimum atomic E-state index is -0.476. The molecule has 1 aliphatic carbocycles. The molecule has 3 heterocycles. The Bertz CT molecular complexity index is 1130. The Morgan fingerprint density at radius 2 is 1.83 bits per heavy atom. The summed E-state index contributed by atoms with van der Waals surface area (Å²) >= 11 is 7.11. The van der Waals surface area contributed by atoms with E-state index in [1.807, 2.05) is 18.2 Å². The van der Waals surface area contributed by atoms with Crippen LogP contribution in [0, 0.1) is 5.92 Å². The fourth-order valence-electron chi connectivity index (χ4n) is 5.19.